The fraction of sp³-hybridized carbons (Fsp3) is 0.500. The molecule has 29 heavy (non-hydrogen) atoms. The van der Waals surface area contributed by atoms with E-state index in [4.69, 9.17) is 9.47 Å². The Kier molecular flexibility index (Phi) is 6.48. The van der Waals surface area contributed by atoms with Crippen molar-refractivity contribution in [3.05, 3.63) is 34.9 Å². The van der Waals surface area contributed by atoms with Gasteiger partial charge in [-0.25, -0.2) is 4.79 Å². The van der Waals surface area contributed by atoms with Crippen LogP contribution in [-0.2, 0) is 9.47 Å². The summed E-state index contributed by atoms with van der Waals surface area (Å²) < 4.78 is 9.67. The standard InChI is InChI=1S/C20H25N3O6/c1-28-11-3-8-23-18(25)15-5-4-13(12-16(15)19(23)26)17(24)21-14-6-9-22(10-7-14)20(27)29-2/h4-5,12,14H,3,6-11H2,1-2H3,(H,21,24). The molecule has 3 rings (SSSR count). The first-order chi connectivity index (χ1) is 14.0. The molecular formula is C20H25N3O6. The molecule has 0 atom stereocenters. The smallest absolute Gasteiger partial charge is 0.409 e. The highest BCUT2D eigenvalue weighted by molar-refractivity contribution is 6.22. The van der Waals surface area contributed by atoms with Crippen LogP contribution in [0.5, 0.6) is 0 Å². The van der Waals surface area contributed by atoms with Crippen molar-refractivity contribution in [2.75, 3.05) is 40.5 Å². The van der Waals surface area contributed by atoms with Gasteiger partial charge in [0.1, 0.15) is 0 Å². The topological polar surface area (TPSA) is 105 Å². The minimum atomic E-state index is -0.387. The predicted octanol–water partition coefficient (Wildman–Crippen LogP) is 1.28. The summed E-state index contributed by atoms with van der Waals surface area (Å²) in [5, 5.41) is 2.94. The highest BCUT2D eigenvalue weighted by Crippen LogP contribution is 2.24. The predicted molar refractivity (Wildman–Crippen MR) is 103 cm³/mol. The molecule has 2 aliphatic heterocycles. The fourth-order valence-corrected chi connectivity index (χ4v) is 3.61. The molecule has 0 aromatic heterocycles. The molecule has 0 unspecified atom stereocenters. The third-order valence-electron chi connectivity index (χ3n) is 5.23. The first-order valence-electron chi connectivity index (χ1n) is 9.59. The first-order valence-corrected chi connectivity index (χ1v) is 9.59. The highest BCUT2D eigenvalue weighted by atomic mass is 16.5. The number of hydrogen-bond acceptors (Lipinski definition) is 6. The number of fused-ring (bicyclic) bond motifs is 1. The van der Waals surface area contributed by atoms with Crippen LogP contribution in [0.4, 0.5) is 4.79 Å². The molecule has 9 heteroatoms. The van der Waals surface area contributed by atoms with E-state index in [2.05, 4.69) is 5.32 Å². The van der Waals surface area contributed by atoms with Crippen LogP contribution in [0.3, 0.4) is 0 Å². The third-order valence-corrected chi connectivity index (χ3v) is 5.23. The number of carbonyl (C=O) groups excluding carboxylic acids is 4. The van der Waals surface area contributed by atoms with E-state index in [1.165, 1.54) is 24.1 Å². The molecule has 0 bridgehead atoms. The zero-order valence-corrected chi connectivity index (χ0v) is 16.6. The van der Waals surface area contributed by atoms with Gasteiger partial charge in [0.2, 0.25) is 0 Å². The van der Waals surface area contributed by atoms with Gasteiger partial charge in [-0.2, -0.15) is 0 Å². The number of carbonyl (C=O) groups is 4. The van der Waals surface area contributed by atoms with Gasteiger partial charge in [-0.15, -0.1) is 0 Å². The van der Waals surface area contributed by atoms with E-state index < -0.39 is 0 Å². The number of nitrogens with zero attached hydrogens (tertiary/aromatic N) is 2. The molecule has 4 amide bonds. The van der Waals surface area contributed by atoms with Gasteiger partial charge in [0.15, 0.2) is 0 Å². The maximum Gasteiger partial charge on any atom is 0.409 e. The van der Waals surface area contributed by atoms with Gasteiger partial charge in [-0.05, 0) is 37.5 Å². The molecule has 0 saturated carbocycles. The van der Waals surface area contributed by atoms with E-state index in [1.54, 1.807) is 18.1 Å². The Balaban J connectivity index is 1.62. The van der Waals surface area contributed by atoms with Crippen molar-refractivity contribution >= 4 is 23.8 Å². The SMILES string of the molecule is COCCCN1C(=O)c2ccc(C(=O)NC3CCN(C(=O)OC)CC3)cc2C1=O. The van der Waals surface area contributed by atoms with Gasteiger partial charge in [-0.1, -0.05) is 0 Å². The lowest BCUT2D eigenvalue weighted by Gasteiger charge is -2.31. The summed E-state index contributed by atoms with van der Waals surface area (Å²) in [6.07, 6.45) is 1.43. The van der Waals surface area contributed by atoms with E-state index in [0.29, 0.717) is 50.1 Å². The number of benzene rings is 1. The van der Waals surface area contributed by atoms with Crippen LogP contribution in [0, 0.1) is 0 Å². The van der Waals surface area contributed by atoms with Crippen LogP contribution >= 0.6 is 0 Å². The third kappa shape index (κ3) is 4.40. The monoisotopic (exact) mass is 403 g/mol. The molecular weight excluding hydrogens is 378 g/mol. The second-order valence-electron chi connectivity index (χ2n) is 7.07. The van der Waals surface area contributed by atoms with Gasteiger partial charge in [-0.3, -0.25) is 19.3 Å². The minimum absolute atomic E-state index is 0.0699. The van der Waals surface area contributed by atoms with Crippen molar-refractivity contribution < 1.29 is 28.7 Å². The average Bonchev–Trinajstić information content (AvgIpc) is 2.98. The largest absolute Gasteiger partial charge is 0.453 e. The van der Waals surface area contributed by atoms with Crippen LogP contribution < -0.4 is 5.32 Å². The lowest BCUT2D eigenvalue weighted by Crippen LogP contribution is -2.46. The second kappa shape index (κ2) is 9.04. The van der Waals surface area contributed by atoms with Gasteiger partial charge in [0, 0.05) is 45.0 Å². The van der Waals surface area contributed by atoms with Gasteiger partial charge >= 0.3 is 6.09 Å². The molecule has 2 aliphatic rings. The van der Waals surface area contributed by atoms with Gasteiger partial charge in [0.25, 0.3) is 17.7 Å². The van der Waals surface area contributed by atoms with Crippen LogP contribution in [0.25, 0.3) is 0 Å². The van der Waals surface area contributed by atoms with E-state index in [9.17, 15) is 19.2 Å². The highest BCUT2D eigenvalue weighted by Gasteiger charge is 2.35. The second-order valence-corrected chi connectivity index (χ2v) is 7.07. The molecule has 156 valence electrons. The summed E-state index contributed by atoms with van der Waals surface area (Å²) in [5.41, 5.74) is 0.898. The number of nitrogens with one attached hydrogen (secondary N) is 1. The molecule has 0 radical (unpaired) electrons. The Hall–Kier alpha value is -2.94. The van der Waals surface area contributed by atoms with Crippen LogP contribution in [0.1, 0.15) is 50.3 Å². The number of ether oxygens (including phenoxy) is 2. The number of imide groups is 1. The summed E-state index contributed by atoms with van der Waals surface area (Å²) in [4.78, 5) is 52.0. The summed E-state index contributed by atoms with van der Waals surface area (Å²) in [6.45, 7) is 1.74. The van der Waals surface area contributed by atoms with Crippen molar-refractivity contribution in [3.63, 3.8) is 0 Å². The number of piperidine rings is 1. The Morgan fingerprint density at radius 1 is 1.10 bits per heavy atom. The summed E-state index contributed by atoms with van der Waals surface area (Å²) in [7, 11) is 2.90. The number of rotatable bonds is 6. The van der Waals surface area contributed by atoms with E-state index in [1.807, 2.05) is 0 Å². The van der Waals surface area contributed by atoms with Crippen molar-refractivity contribution in [3.8, 4) is 0 Å². The van der Waals surface area contributed by atoms with E-state index >= 15 is 0 Å². The molecule has 1 fully saturated rings. The molecule has 0 spiro atoms. The van der Waals surface area contributed by atoms with Gasteiger partial charge in [0.05, 0.1) is 18.2 Å². The summed E-state index contributed by atoms with van der Waals surface area (Å²) in [6, 6.07) is 4.49. The molecule has 2 heterocycles. The summed E-state index contributed by atoms with van der Waals surface area (Å²) >= 11 is 0. The lowest BCUT2D eigenvalue weighted by molar-refractivity contribution is 0.0638. The van der Waals surface area contributed by atoms with Crippen LogP contribution in [0.15, 0.2) is 18.2 Å². The Labute approximate surface area is 168 Å². The summed E-state index contributed by atoms with van der Waals surface area (Å²) in [5.74, 6) is -1.03. The average molecular weight is 403 g/mol. The maximum atomic E-state index is 12.6. The molecule has 1 saturated heterocycles. The Bertz CT molecular complexity index is 816. The lowest BCUT2D eigenvalue weighted by atomic mass is 10.0. The van der Waals surface area contributed by atoms with E-state index in [-0.39, 0.29) is 42.0 Å². The zero-order valence-electron chi connectivity index (χ0n) is 16.6. The first kappa shape index (κ1) is 20.8. The van der Waals surface area contributed by atoms with Crippen molar-refractivity contribution in [1.82, 2.24) is 15.1 Å². The van der Waals surface area contributed by atoms with Gasteiger partial charge < -0.3 is 19.7 Å². The normalized spacial score (nSPS) is 16.8. The Morgan fingerprint density at radius 3 is 2.45 bits per heavy atom. The van der Waals surface area contributed by atoms with Crippen molar-refractivity contribution in [1.29, 1.82) is 0 Å². The molecule has 1 aromatic carbocycles. The number of hydrogen-bond donors (Lipinski definition) is 1. The molecule has 0 aliphatic carbocycles. The molecule has 1 aromatic rings. The maximum absolute atomic E-state index is 12.6. The van der Waals surface area contributed by atoms with Crippen molar-refractivity contribution in [2.45, 2.75) is 25.3 Å². The number of amides is 4. The Morgan fingerprint density at radius 2 is 1.79 bits per heavy atom. The quantitative estimate of drug-likeness (QED) is 0.567. The van der Waals surface area contributed by atoms with Crippen molar-refractivity contribution in [2.24, 2.45) is 0 Å². The minimum Gasteiger partial charge on any atom is -0.453 e. The number of methoxy groups -OCH3 is 2. The van der Waals surface area contributed by atoms with Crippen LogP contribution in [0.2, 0.25) is 0 Å². The van der Waals surface area contributed by atoms with Crippen LogP contribution in [-0.4, -0.2) is 80.1 Å². The number of likely N-dealkylation sites (tertiary alicyclic amines) is 1. The molecule has 9 nitrogen and oxygen atoms in total. The fourth-order valence-electron chi connectivity index (χ4n) is 3.61. The molecule has 1 N–H and O–H groups in total. The van der Waals surface area contributed by atoms with E-state index in [0.717, 1.165) is 0 Å². The zero-order chi connectivity index (χ0) is 21.0.